The Morgan fingerprint density at radius 3 is 2.31 bits per heavy atom. The third-order valence-corrected chi connectivity index (χ3v) is 2.00. The molecule has 0 aromatic carbocycles. The molecule has 7 nitrogen and oxygen atoms in total. The maximum atomic E-state index is 10.5. The minimum Gasteiger partial charge on any atom is -0.480 e. The van der Waals surface area contributed by atoms with E-state index in [0.29, 0.717) is 5.82 Å². The number of hydrogen-bond acceptors (Lipinski definition) is 4. The summed E-state index contributed by atoms with van der Waals surface area (Å²) in [7, 11) is 1.77. The van der Waals surface area contributed by atoms with Crippen molar-refractivity contribution in [1.82, 2.24) is 14.5 Å². The van der Waals surface area contributed by atoms with Crippen molar-refractivity contribution in [2.75, 3.05) is 13.1 Å². The predicted octanol–water partition coefficient (Wildman–Crippen LogP) is -0.609. The van der Waals surface area contributed by atoms with Gasteiger partial charge in [0.1, 0.15) is 5.82 Å². The summed E-state index contributed by atoms with van der Waals surface area (Å²) in [5.74, 6) is -1.49. The zero-order valence-corrected chi connectivity index (χ0v) is 8.83. The van der Waals surface area contributed by atoms with E-state index in [2.05, 4.69) is 4.98 Å². The SMILES string of the molecule is Cn1ccnc1CN(CC(=O)O)CC(=O)O. The highest BCUT2D eigenvalue weighted by atomic mass is 16.4. The van der Waals surface area contributed by atoms with Crippen molar-refractivity contribution >= 4 is 11.9 Å². The Balaban J connectivity index is 2.66. The molecule has 0 bridgehead atoms. The van der Waals surface area contributed by atoms with Gasteiger partial charge in [0.15, 0.2) is 0 Å². The van der Waals surface area contributed by atoms with Gasteiger partial charge < -0.3 is 14.8 Å². The molecule has 0 radical (unpaired) electrons. The summed E-state index contributed by atoms with van der Waals surface area (Å²) >= 11 is 0. The van der Waals surface area contributed by atoms with Crippen molar-refractivity contribution in [3.05, 3.63) is 18.2 Å². The summed E-state index contributed by atoms with van der Waals surface area (Å²) in [6.45, 7) is -0.444. The van der Waals surface area contributed by atoms with E-state index >= 15 is 0 Å². The maximum Gasteiger partial charge on any atom is 0.317 e. The largest absolute Gasteiger partial charge is 0.480 e. The third kappa shape index (κ3) is 3.70. The van der Waals surface area contributed by atoms with E-state index in [4.69, 9.17) is 10.2 Å². The molecule has 88 valence electrons. The zero-order valence-electron chi connectivity index (χ0n) is 8.83. The van der Waals surface area contributed by atoms with Gasteiger partial charge in [-0.3, -0.25) is 14.5 Å². The van der Waals surface area contributed by atoms with E-state index in [1.54, 1.807) is 24.0 Å². The molecule has 0 aliphatic rings. The molecule has 16 heavy (non-hydrogen) atoms. The van der Waals surface area contributed by atoms with Gasteiger partial charge in [0.2, 0.25) is 0 Å². The van der Waals surface area contributed by atoms with Crippen LogP contribution in [0.4, 0.5) is 0 Å². The number of carbonyl (C=O) groups is 2. The lowest BCUT2D eigenvalue weighted by molar-refractivity contribution is -0.142. The fraction of sp³-hybridized carbons (Fsp3) is 0.444. The number of nitrogens with zero attached hydrogens (tertiary/aromatic N) is 3. The summed E-state index contributed by atoms with van der Waals surface area (Å²) in [5, 5.41) is 17.3. The first kappa shape index (κ1) is 12.2. The van der Waals surface area contributed by atoms with Crippen LogP contribution in [0.1, 0.15) is 5.82 Å². The van der Waals surface area contributed by atoms with Crippen molar-refractivity contribution in [2.24, 2.45) is 7.05 Å². The van der Waals surface area contributed by atoms with Crippen LogP contribution in [0, 0.1) is 0 Å². The molecule has 1 aromatic rings. The Labute approximate surface area is 91.9 Å². The molecule has 0 amide bonds. The lowest BCUT2D eigenvalue weighted by Crippen LogP contribution is -2.34. The fourth-order valence-corrected chi connectivity index (χ4v) is 1.30. The second kappa shape index (κ2) is 5.26. The number of rotatable bonds is 6. The van der Waals surface area contributed by atoms with Gasteiger partial charge >= 0.3 is 11.9 Å². The predicted molar refractivity (Wildman–Crippen MR) is 53.8 cm³/mol. The molecule has 1 rings (SSSR count). The summed E-state index contributed by atoms with van der Waals surface area (Å²) in [4.78, 5) is 26.4. The first-order valence-electron chi connectivity index (χ1n) is 4.61. The first-order chi connectivity index (χ1) is 7.49. The Hall–Kier alpha value is -1.89. The Morgan fingerprint density at radius 2 is 1.94 bits per heavy atom. The van der Waals surface area contributed by atoms with Crippen molar-refractivity contribution < 1.29 is 19.8 Å². The van der Waals surface area contributed by atoms with Crippen LogP contribution < -0.4 is 0 Å². The van der Waals surface area contributed by atoms with Gasteiger partial charge in [0, 0.05) is 19.4 Å². The molecule has 0 fully saturated rings. The maximum absolute atomic E-state index is 10.5. The van der Waals surface area contributed by atoms with Gasteiger partial charge in [-0.1, -0.05) is 0 Å². The number of imidazole rings is 1. The van der Waals surface area contributed by atoms with Crippen LogP contribution in [-0.2, 0) is 23.2 Å². The highest BCUT2D eigenvalue weighted by Gasteiger charge is 2.15. The van der Waals surface area contributed by atoms with E-state index in [9.17, 15) is 9.59 Å². The number of carboxylic acid groups (broad SMARTS) is 2. The first-order valence-corrected chi connectivity index (χ1v) is 4.61. The fourth-order valence-electron chi connectivity index (χ4n) is 1.30. The van der Waals surface area contributed by atoms with Crippen LogP contribution in [0.5, 0.6) is 0 Å². The molecular weight excluding hydrogens is 214 g/mol. The van der Waals surface area contributed by atoms with E-state index < -0.39 is 11.9 Å². The minimum atomic E-state index is -1.06. The summed E-state index contributed by atoms with van der Waals surface area (Å²) in [6, 6.07) is 0. The quantitative estimate of drug-likeness (QED) is 0.673. The lowest BCUT2D eigenvalue weighted by Gasteiger charge is -2.17. The third-order valence-electron chi connectivity index (χ3n) is 2.00. The van der Waals surface area contributed by atoms with Gasteiger partial charge in [0.25, 0.3) is 0 Å². The molecule has 0 atom stereocenters. The molecule has 0 saturated carbocycles. The van der Waals surface area contributed by atoms with Crippen LogP contribution in [0.15, 0.2) is 12.4 Å². The zero-order chi connectivity index (χ0) is 12.1. The van der Waals surface area contributed by atoms with Crippen molar-refractivity contribution in [3.63, 3.8) is 0 Å². The van der Waals surface area contributed by atoms with Crippen molar-refractivity contribution in [2.45, 2.75) is 6.54 Å². The Morgan fingerprint density at radius 1 is 1.38 bits per heavy atom. The van der Waals surface area contributed by atoms with Crippen molar-refractivity contribution in [1.29, 1.82) is 0 Å². The standard InChI is InChI=1S/C9H13N3O4/c1-11-3-2-10-7(11)4-12(5-8(13)14)6-9(15)16/h2-3H,4-6H2,1H3,(H,13,14)(H,15,16). The molecule has 0 spiro atoms. The minimum absolute atomic E-state index is 0.197. The highest BCUT2D eigenvalue weighted by molar-refractivity contribution is 5.72. The number of aliphatic carboxylic acids is 2. The van der Waals surface area contributed by atoms with Crippen LogP contribution in [0.25, 0.3) is 0 Å². The van der Waals surface area contributed by atoms with E-state index in [0.717, 1.165) is 0 Å². The van der Waals surface area contributed by atoms with Gasteiger partial charge in [-0.15, -0.1) is 0 Å². The number of carboxylic acids is 2. The molecule has 0 aliphatic heterocycles. The monoisotopic (exact) mass is 227 g/mol. The molecule has 2 N–H and O–H groups in total. The van der Waals surface area contributed by atoms with Crippen LogP contribution in [0.3, 0.4) is 0 Å². The molecule has 0 aliphatic carbocycles. The number of aromatic nitrogens is 2. The normalized spacial score (nSPS) is 10.6. The average molecular weight is 227 g/mol. The molecule has 1 heterocycles. The lowest BCUT2D eigenvalue weighted by atomic mass is 10.4. The Bertz CT molecular complexity index is 372. The van der Waals surface area contributed by atoms with E-state index in [1.807, 2.05) is 0 Å². The second-order valence-electron chi connectivity index (χ2n) is 3.39. The van der Waals surface area contributed by atoms with Gasteiger partial charge in [-0.2, -0.15) is 0 Å². The van der Waals surface area contributed by atoms with Crippen LogP contribution in [-0.4, -0.2) is 49.7 Å². The van der Waals surface area contributed by atoms with Crippen LogP contribution >= 0.6 is 0 Å². The highest BCUT2D eigenvalue weighted by Crippen LogP contribution is 2.01. The summed E-state index contributed by atoms with van der Waals surface area (Å²) in [6.07, 6.45) is 3.30. The second-order valence-corrected chi connectivity index (χ2v) is 3.39. The van der Waals surface area contributed by atoms with Crippen molar-refractivity contribution in [3.8, 4) is 0 Å². The molecule has 0 unspecified atom stereocenters. The molecular formula is C9H13N3O4. The van der Waals surface area contributed by atoms with E-state index in [1.165, 1.54) is 4.90 Å². The number of aryl methyl sites for hydroxylation is 1. The van der Waals surface area contributed by atoms with Crippen LogP contribution in [0.2, 0.25) is 0 Å². The topological polar surface area (TPSA) is 95.7 Å². The molecule has 1 aromatic heterocycles. The Kier molecular flexibility index (Phi) is 4.01. The average Bonchev–Trinajstić information content (AvgIpc) is 2.49. The van der Waals surface area contributed by atoms with Gasteiger partial charge in [-0.05, 0) is 0 Å². The summed E-state index contributed by atoms with van der Waals surface area (Å²) < 4.78 is 1.72. The molecule has 7 heteroatoms. The summed E-state index contributed by atoms with van der Waals surface area (Å²) in [5.41, 5.74) is 0. The van der Waals surface area contributed by atoms with Gasteiger partial charge in [-0.25, -0.2) is 4.98 Å². The van der Waals surface area contributed by atoms with Gasteiger partial charge in [0.05, 0.1) is 19.6 Å². The molecule has 0 saturated heterocycles. The number of hydrogen-bond donors (Lipinski definition) is 2. The van der Waals surface area contributed by atoms with E-state index in [-0.39, 0.29) is 19.6 Å². The smallest absolute Gasteiger partial charge is 0.317 e.